The van der Waals surface area contributed by atoms with Gasteiger partial charge < -0.3 is 9.47 Å². The summed E-state index contributed by atoms with van der Waals surface area (Å²) in [6.45, 7) is 5.57. The van der Waals surface area contributed by atoms with Gasteiger partial charge in [0.25, 0.3) is 0 Å². The monoisotopic (exact) mass is 260 g/mol. The number of hydrogen-bond acceptors (Lipinski definition) is 3. The van der Waals surface area contributed by atoms with E-state index in [-0.39, 0.29) is 12.1 Å². The van der Waals surface area contributed by atoms with Crippen LogP contribution in [0.3, 0.4) is 0 Å². The Morgan fingerprint density at radius 3 is 2.63 bits per heavy atom. The average Bonchev–Trinajstić information content (AvgIpc) is 2.38. The average molecular weight is 260 g/mol. The zero-order valence-electron chi connectivity index (χ0n) is 11.9. The second kappa shape index (κ2) is 5.08. The minimum atomic E-state index is -0.853. The maximum atomic E-state index is 12.5. The van der Waals surface area contributed by atoms with Gasteiger partial charge in [-0.15, -0.1) is 0 Å². The highest BCUT2D eigenvalue weighted by Gasteiger charge is 2.45. The quantitative estimate of drug-likeness (QED) is 0.784. The van der Waals surface area contributed by atoms with Crippen LogP contribution in [0.25, 0.3) is 0 Å². The van der Waals surface area contributed by atoms with Gasteiger partial charge in [0.1, 0.15) is 11.2 Å². The van der Waals surface area contributed by atoms with Gasteiger partial charge in [0, 0.05) is 0 Å². The minimum absolute atomic E-state index is 0.142. The first-order valence-corrected chi connectivity index (χ1v) is 6.54. The van der Waals surface area contributed by atoms with Crippen molar-refractivity contribution in [1.82, 2.24) is 0 Å². The molecule has 19 heavy (non-hydrogen) atoms. The normalized spacial score (nSPS) is 21.6. The Bertz CT molecular complexity index is 516. The molecular weight excluding hydrogens is 240 g/mol. The lowest BCUT2D eigenvalue weighted by Crippen LogP contribution is -2.40. The van der Waals surface area contributed by atoms with Crippen molar-refractivity contribution in [2.45, 2.75) is 38.7 Å². The third-order valence-corrected chi connectivity index (χ3v) is 3.53. The summed E-state index contributed by atoms with van der Waals surface area (Å²) in [5.74, 6) is 0.402. The summed E-state index contributed by atoms with van der Waals surface area (Å²) >= 11 is 0. The zero-order chi connectivity index (χ0) is 14.0. The molecule has 0 aromatic heterocycles. The Labute approximate surface area is 114 Å². The zero-order valence-corrected chi connectivity index (χ0v) is 11.9. The van der Waals surface area contributed by atoms with E-state index >= 15 is 0 Å². The molecule has 0 spiro atoms. The third kappa shape index (κ3) is 2.25. The van der Waals surface area contributed by atoms with E-state index in [2.05, 4.69) is 0 Å². The van der Waals surface area contributed by atoms with Crippen molar-refractivity contribution in [2.75, 3.05) is 7.11 Å². The van der Waals surface area contributed by atoms with Crippen molar-refractivity contribution in [2.24, 2.45) is 0 Å². The van der Waals surface area contributed by atoms with E-state index in [1.54, 1.807) is 7.11 Å². The van der Waals surface area contributed by atoms with Crippen molar-refractivity contribution in [3.8, 4) is 0 Å². The minimum Gasteiger partial charge on any atom is -0.500 e. The summed E-state index contributed by atoms with van der Waals surface area (Å²) in [6.07, 6.45) is 2.60. The highest BCUT2D eigenvalue weighted by atomic mass is 16.5. The van der Waals surface area contributed by atoms with Crippen molar-refractivity contribution < 1.29 is 14.3 Å². The molecule has 2 rings (SSSR count). The molecule has 1 atom stereocenters. The van der Waals surface area contributed by atoms with Crippen LogP contribution in [-0.4, -0.2) is 19.2 Å². The van der Waals surface area contributed by atoms with Crippen LogP contribution in [0.4, 0.5) is 0 Å². The van der Waals surface area contributed by atoms with Crippen molar-refractivity contribution in [3.05, 3.63) is 47.2 Å². The SMILES string of the molecule is COC1=CCc2ccccc2C1(C)C(=O)OC(C)C. The van der Waals surface area contributed by atoms with Gasteiger partial charge in [0.05, 0.1) is 13.2 Å². The summed E-state index contributed by atoms with van der Waals surface area (Å²) in [4.78, 5) is 12.5. The molecule has 0 saturated carbocycles. The molecule has 1 aliphatic rings. The van der Waals surface area contributed by atoms with E-state index in [4.69, 9.17) is 9.47 Å². The van der Waals surface area contributed by atoms with Crippen LogP contribution in [0.5, 0.6) is 0 Å². The first-order valence-electron chi connectivity index (χ1n) is 6.54. The number of methoxy groups -OCH3 is 1. The van der Waals surface area contributed by atoms with Gasteiger partial charge in [-0.25, -0.2) is 0 Å². The van der Waals surface area contributed by atoms with E-state index in [0.29, 0.717) is 5.76 Å². The molecule has 0 bridgehead atoms. The summed E-state index contributed by atoms with van der Waals surface area (Å²) in [5.41, 5.74) is 1.26. The van der Waals surface area contributed by atoms with Gasteiger partial charge in [-0.3, -0.25) is 4.79 Å². The molecular formula is C16H20O3. The molecule has 0 heterocycles. The van der Waals surface area contributed by atoms with Crippen LogP contribution in [0.2, 0.25) is 0 Å². The smallest absolute Gasteiger partial charge is 0.324 e. The lowest BCUT2D eigenvalue weighted by molar-refractivity contribution is -0.153. The number of allylic oxidation sites excluding steroid dienone is 1. The van der Waals surface area contributed by atoms with Gasteiger partial charge in [0.15, 0.2) is 0 Å². The number of hydrogen-bond donors (Lipinski definition) is 0. The molecule has 1 unspecified atom stereocenters. The van der Waals surface area contributed by atoms with E-state index in [9.17, 15) is 4.79 Å². The summed E-state index contributed by atoms with van der Waals surface area (Å²) < 4.78 is 10.8. The van der Waals surface area contributed by atoms with E-state index in [1.807, 2.05) is 51.1 Å². The van der Waals surface area contributed by atoms with Gasteiger partial charge >= 0.3 is 5.97 Å². The lowest BCUT2D eigenvalue weighted by atomic mass is 9.74. The molecule has 3 nitrogen and oxygen atoms in total. The Kier molecular flexibility index (Phi) is 3.65. The summed E-state index contributed by atoms with van der Waals surface area (Å²) in [7, 11) is 1.60. The fourth-order valence-electron chi connectivity index (χ4n) is 2.56. The van der Waals surface area contributed by atoms with Crippen LogP contribution in [0.15, 0.2) is 36.1 Å². The number of fused-ring (bicyclic) bond motifs is 1. The molecule has 0 N–H and O–H groups in total. The molecule has 0 radical (unpaired) electrons. The maximum absolute atomic E-state index is 12.5. The van der Waals surface area contributed by atoms with Crippen LogP contribution < -0.4 is 0 Å². The predicted molar refractivity (Wildman–Crippen MR) is 73.8 cm³/mol. The van der Waals surface area contributed by atoms with E-state index in [1.165, 1.54) is 0 Å². The molecule has 1 aromatic rings. The number of rotatable bonds is 3. The Hall–Kier alpha value is -1.77. The van der Waals surface area contributed by atoms with E-state index in [0.717, 1.165) is 17.5 Å². The Morgan fingerprint density at radius 2 is 2.00 bits per heavy atom. The molecule has 0 saturated heterocycles. The van der Waals surface area contributed by atoms with E-state index < -0.39 is 5.41 Å². The third-order valence-electron chi connectivity index (χ3n) is 3.53. The summed E-state index contributed by atoms with van der Waals surface area (Å²) in [5, 5.41) is 0. The fourth-order valence-corrected chi connectivity index (χ4v) is 2.56. The first-order chi connectivity index (χ1) is 9.00. The largest absolute Gasteiger partial charge is 0.500 e. The van der Waals surface area contributed by atoms with Crippen molar-refractivity contribution >= 4 is 5.97 Å². The topological polar surface area (TPSA) is 35.5 Å². The first kappa shape index (κ1) is 13.7. The number of esters is 1. The number of carbonyl (C=O) groups excluding carboxylic acids is 1. The fraction of sp³-hybridized carbons (Fsp3) is 0.438. The molecule has 0 amide bonds. The van der Waals surface area contributed by atoms with Crippen molar-refractivity contribution in [1.29, 1.82) is 0 Å². The van der Waals surface area contributed by atoms with Gasteiger partial charge in [-0.05, 0) is 44.4 Å². The molecule has 3 heteroatoms. The number of ether oxygens (including phenoxy) is 2. The van der Waals surface area contributed by atoms with Gasteiger partial charge in [-0.1, -0.05) is 24.3 Å². The Balaban J connectivity index is 2.51. The van der Waals surface area contributed by atoms with Crippen LogP contribution in [0, 0.1) is 0 Å². The van der Waals surface area contributed by atoms with Crippen LogP contribution in [0.1, 0.15) is 31.9 Å². The maximum Gasteiger partial charge on any atom is 0.324 e. The summed E-state index contributed by atoms with van der Waals surface area (Å²) in [6, 6.07) is 7.94. The second-order valence-electron chi connectivity index (χ2n) is 5.21. The standard InChI is InChI=1S/C16H20O3/c1-11(2)19-15(17)16(3)13-8-6-5-7-12(13)9-10-14(16)18-4/h5-8,10-11H,9H2,1-4H3. The molecule has 1 aliphatic carbocycles. The molecule has 1 aromatic carbocycles. The van der Waals surface area contributed by atoms with Crippen LogP contribution >= 0.6 is 0 Å². The highest BCUT2D eigenvalue weighted by molar-refractivity contribution is 5.87. The van der Waals surface area contributed by atoms with Gasteiger partial charge in [-0.2, -0.15) is 0 Å². The highest BCUT2D eigenvalue weighted by Crippen LogP contribution is 2.39. The molecule has 0 fully saturated rings. The van der Waals surface area contributed by atoms with Gasteiger partial charge in [0.2, 0.25) is 0 Å². The predicted octanol–water partition coefficient (Wildman–Crippen LogP) is 2.98. The van der Waals surface area contributed by atoms with Crippen molar-refractivity contribution in [3.63, 3.8) is 0 Å². The molecule has 102 valence electrons. The molecule has 0 aliphatic heterocycles. The Morgan fingerprint density at radius 1 is 1.32 bits per heavy atom. The number of benzene rings is 1. The second-order valence-corrected chi connectivity index (χ2v) is 5.21. The lowest BCUT2D eigenvalue weighted by Gasteiger charge is -2.34. The number of carbonyl (C=O) groups is 1. The van der Waals surface area contributed by atoms with Crippen LogP contribution in [-0.2, 0) is 26.1 Å².